The van der Waals surface area contributed by atoms with Gasteiger partial charge < -0.3 is 5.11 Å². The van der Waals surface area contributed by atoms with Gasteiger partial charge in [-0.3, -0.25) is 4.40 Å². The molecule has 0 atom stereocenters. The highest BCUT2D eigenvalue weighted by Crippen LogP contribution is 2.34. The lowest BCUT2D eigenvalue weighted by Gasteiger charge is -2.18. The second kappa shape index (κ2) is 5.91. The zero-order valence-electron chi connectivity index (χ0n) is 14.2. The van der Waals surface area contributed by atoms with Gasteiger partial charge in [0, 0.05) is 28.1 Å². The lowest BCUT2D eigenvalue weighted by molar-refractivity contribution is -0.131. The number of carboxylic acids is 1. The minimum absolute atomic E-state index is 0.0602. The molecule has 1 N–H and O–H groups in total. The molecule has 4 nitrogen and oxygen atoms in total. The Balaban J connectivity index is 2.29. The summed E-state index contributed by atoms with van der Waals surface area (Å²) in [7, 11) is 0. The van der Waals surface area contributed by atoms with Crippen LogP contribution in [0.25, 0.3) is 22.3 Å². The van der Waals surface area contributed by atoms with E-state index in [0.29, 0.717) is 0 Å². The van der Waals surface area contributed by atoms with Crippen molar-refractivity contribution in [3.8, 4) is 11.3 Å². The molecule has 0 unspecified atom stereocenters. The largest absolute Gasteiger partial charge is 0.478 e. The standard InChI is InChI=1S/C19H20N2O2S/c1-12-5-7-13(8-6-12)17-14(9-10-16(22)23)21-15(19(2,3)4)11-24-18(21)20-17/h5-11H,1-4H3,(H,22,23)/b10-9+. The molecule has 2 aromatic heterocycles. The molecule has 0 fully saturated rings. The third-order valence-corrected chi connectivity index (χ3v) is 4.70. The van der Waals surface area contributed by atoms with Crippen molar-refractivity contribution < 1.29 is 9.90 Å². The highest BCUT2D eigenvalue weighted by Gasteiger charge is 2.23. The molecule has 0 saturated heterocycles. The maximum atomic E-state index is 11.0. The molecule has 1 aromatic carbocycles. The summed E-state index contributed by atoms with van der Waals surface area (Å²) >= 11 is 1.58. The first-order valence-corrected chi connectivity index (χ1v) is 8.64. The summed E-state index contributed by atoms with van der Waals surface area (Å²) in [6.45, 7) is 8.47. The Labute approximate surface area is 145 Å². The van der Waals surface area contributed by atoms with Gasteiger partial charge in [-0.05, 0) is 13.0 Å². The number of carbonyl (C=O) groups is 1. The summed E-state index contributed by atoms with van der Waals surface area (Å²) in [6, 6.07) is 8.13. The third-order valence-electron chi connectivity index (χ3n) is 3.88. The fourth-order valence-electron chi connectivity index (χ4n) is 2.62. The van der Waals surface area contributed by atoms with Crippen molar-refractivity contribution in [3.05, 3.63) is 52.7 Å². The number of hydrogen-bond acceptors (Lipinski definition) is 3. The Bertz CT molecular complexity index is 925. The number of aryl methyl sites for hydroxylation is 1. The Morgan fingerprint density at radius 1 is 1.25 bits per heavy atom. The van der Waals surface area contributed by atoms with E-state index < -0.39 is 5.97 Å². The second-order valence-corrected chi connectivity index (χ2v) is 7.71. The van der Waals surface area contributed by atoms with Crippen LogP contribution in [0.2, 0.25) is 0 Å². The first-order chi connectivity index (χ1) is 11.3. The van der Waals surface area contributed by atoms with Crippen molar-refractivity contribution in [2.24, 2.45) is 0 Å². The summed E-state index contributed by atoms with van der Waals surface area (Å²) < 4.78 is 2.07. The van der Waals surface area contributed by atoms with Gasteiger partial charge in [0.1, 0.15) is 0 Å². The predicted molar refractivity (Wildman–Crippen MR) is 98.6 cm³/mol. The first-order valence-electron chi connectivity index (χ1n) is 7.76. The minimum atomic E-state index is -0.965. The fourth-order valence-corrected chi connectivity index (χ4v) is 3.75. The monoisotopic (exact) mass is 340 g/mol. The molecule has 0 aliphatic carbocycles. The van der Waals surface area contributed by atoms with Gasteiger partial charge in [-0.25, -0.2) is 9.78 Å². The molecule has 3 aromatic rings. The van der Waals surface area contributed by atoms with Crippen molar-refractivity contribution in [3.63, 3.8) is 0 Å². The van der Waals surface area contributed by atoms with Crippen LogP contribution >= 0.6 is 11.3 Å². The van der Waals surface area contributed by atoms with Gasteiger partial charge in [-0.1, -0.05) is 50.6 Å². The molecule has 0 bridgehead atoms. The van der Waals surface area contributed by atoms with Crippen molar-refractivity contribution in [2.45, 2.75) is 33.1 Å². The van der Waals surface area contributed by atoms with Gasteiger partial charge in [0.2, 0.25) is 0 Å². The van der Waals surface area contributed by atoms with Crippen LogP contribution < -0.4 is 0 Å². The number of nitrogens with zero attached hydrogens (tertiary/aromatic N) is 2. The van der Waals surface area contributed by atoms with Crippen LogP contribution in [0.1, 0.15) is 37.7 Å². The molecule has 0 saturated carbocycles. The summed E-state index contributed by atoms with van der Waals surface area (Å²) in [4.78, 5) is 16.7. The molecule has 0 amide bonds. The van der Waals surface area contributed by atoms with Crippen LogP contribution in [-0.2, 0) is 10.2 Å². The number of benzene rings is 1. The lowest BCUT2D eigenvalue weighted by Crippen LogP contribution is -2.14. The van der Waals surface area contributed by atoms with Gasteiger partial charge in [-0.15, -0.1) is 11.3 Å². The van der Waals surface area contributed by atoms with Gasteiger partial charge in [0.15, 0.2) is 4.96 Å². The number of aromatic nitrogens is 2. The van der Waals surface area contributed by atoms with E-state index in [1.165, 1.54) is 11.6 Å². The average Bonchev–Trinajstić information content (AvgIpc) is 3.04. The van der Waals surface area contributed by atoms with Crippen molar-refractivity contribution in [2.75, 3.05) is 0 Å². The lowest BCUT2D eigenvalue weighted by atomic mass is 9.93. The Morgan fingerprint density at radius 2 is 1.92 bits per heavy atom. The fraction of sp³-hybridized carbons (Fsp3) is 0.263. The van der Waals surface area contributed by atoms with E-state index in [-0.39, 0.29) is 5.41 Å². The number of rotatable bonds is 3. The number of aliphatic carboxylic acids is 1. The second-order valence-electron chi connectivity index (χ2n) is 6.87. The molecule has 0 spiro atoms. The summed E-state index contributed by atoms with van der Waals surface area (Å²) in [5.41, 5.74) is 4.85. The maximum absolute atomic E-state index is 11.0. The third kappa shape index (κ3) is 2.99. The zero-order chi connectivity index (χ0) is 17.5. The molecule has 2 heterocycles. The van der Waals surface area contributed by atoms with Gasteiger partial charge >= 0.3 is 5.97 Å². The van der Waals surface area contributed by atoms with Crippen LogP contribution in [0.3, 0.4) is 0 Å². The number of thiazole rings is 1. The molecule has 124 valence electrons. The SMILES string of the molecule is Cc1ccc(-c2nc3scc(C(C)(C)C)n3c2/C=C/C(=O)O)cc1. The minimum Gasteiger partial charge on any atom is -0.478 e. The van der Waals surface area contributed by atoms with Crippen LogP contribution in [-0.4, -0.2) is 20.5 Å². The quantitative estimate of drug-likeness (QED) is 0.699. The predicted octanol–water partition coefficient (Wildman–Crippen LogP) is 4.77. The molecule has 0 aliphatic rings. The van der Waals surface area contributed by atoms with E-state index in [0.717, 1.165) is 27.6 Å². The number of fused-ring (bicyclic) bond motifs is 1. The molecule has 0 radical (unpaired) electrons. The van der Waals surface area contributed by atoms with E-state index >= 15 is 0 Å². The van der Waals surface area contributed by atoms with Crippen molar-refractivity contribution >= 4 is 28.3 Å². The Morgan fingerprint density at radius 3 is 2.50 bits per heavy atom. The van der Waals surface area contributed by atoms with Crippen LogP contribution in [0.4, 0.5) is 0 Å². The smallest absolute Gasteiger partial charge is 0.328 e. The summed E-state index contributed by atoms with van der Waals surface area (Å²) in [6.07, 6.45) is 2.81. The number of carboxylic acid groups (broad SMARTS) is 1. The number of imidazole rings is 1. The topological polar surface area (TPSA) is 54.6 Å². The Hall–Kier alpha value is -2.40. The maximum Gasteiger partial charge on any atom is 0.328 e. The van der Waals surface area contributed by atoms with Crippen LogP contribution in [0.15, 0.2) is 35.7 Å². The molecular weight excluding hydrogens is 320 g/mol. The molecule has 24 heavy (non-hydrogen) atoms. The normalized spacial score (nSPS) is 12.3. The Kier molecular flexibility index (Phi) is 4.05. The van der Waals surface area contributed by atoms with Gasteiger partial charge in [-0.2, -0.15) is 0 Å². The van der Waals surface area contributed by atoms with E-state index in [1.807, 2.05) is 31.2 Å². The van der Waals surface area contributed by atoms with E-state index in [2.05, 4.69) is 30.6 Å². The van der Waals surface area contributed by atoms with Crippen molar-refractivity contribution in [1.82, 2.24) is 9.38 Å². The molecule has 3 rings (SSSR count). The molecule has 0 aliphatic heterocycles. The van der Waals surface area contributed by atoms with Gasteiger partial charge in [0.05, 0.1) is 11.4 Å². The first kappa shape index (κ1) is 16.5. The zero-order valence-corrected chi connectivity index (χ0v) is 15.0. The van der Waals surface area contributed by atoms with Crippen LogP contribution in [0.5, 0.6) is 0 Å². The van der Waals surface area contributed by atoms with Gasteiger partial charge in [0.25, 0.3) is 0 Å². The molecular formula is C19H20N2O2S. The average molecular weight is 340 g/mol. The molecule has 5 heteroatoms. The summed E-state index contributed by atoms with van der Waals surface area (Å²) in [5.74, 6) is -0.965. The van der Waals surface area contributed by atoms with E-state index in [1.54, 1.807) is 17.4 Å². The van der Waals surface area contributed by atoms with Crippen LogP contribution in [0, 0.1) is 6.92 Å². The van der Waals surface area contributed by atoms with E-state index in [9.17, 15) is 4.79 Å². The highest BCUT2D eigenvalue weighted by molar-refractivity contribution is 7.15. The van der Waals surface area contributed by atoms with Crippen molar-refractivity contribution in [1.29, 1.82) is 0 Å². The van der Waals surface area contributed by atoms with E-state index in [4.69, 9.17) is 10.1 Å². The highest BCUT2D eigenvalue weighted by atomic mass is 32.1. The summed E-state index contributed by atoms with van der Waals surface area (Å²) in [5, 5.41) is 11.1. The number of hydrogen-bond donors (Lipinski definition) is 1.